The Labute approximate surface area is 268 Å². The van der Waals surface area contributed by atoms with Crippen LogP contribution in [0.3, 0.4) is 0 Å². The molecule has 4 rings (SSSR count). The van der Waals surface area contributed by atoms with Gasteiger partial charge in [0.1, 0.15) is 5.75 Å². The summed E-state index contributed by atoms with van der Waals surface area (Å²) in [6.07, 6.45) is 5.34. The van der Waals surface area contributed by atoms with E-state index in [2.05, 4.69) is 27.7 Å². The summed E-state index contributed by atoms with van der Waals surface area (Å²) in [6, 6.07) is 14.6. The van der Waals surface area contributed by atoms with E-state index in [1.807, 2.05) is 59.7 Å². The van der Waals surface area contributed by atoms with Crippen molar-refractivity contribution in [2.24, 2.45) is 11.8 Å². The third kappa shape index (κ3) is 9.72. The third-order valence-corrected chi connectivity index (χ3v) is 9.84. The number of likely N-dealkylation sites (tertiary alicyclic amines) is 1. The van der Waals surface area contributed by atoms with Crippen molar-refractivity contribution in [3.63, 3.8) is 0 Å². The number of benzene rings is 2. The first kappa shape index (κ1) is 34.3. The van der Waals surface area contributed by atoms with Crippen LogP contribution in [-0.2, 0) is 9.53 Å². The number of carbonyl (C=O) groups is 2. The zero-order valence-electron chi connectivity index (χ0n) is 27.7. The highest BCUT2D eigenvalue weighted by Crippen LogP contribution is 2.39. The molecule has 3 N–H and O–H groups in total. The summed E-state index contributed by atoms with van der Waals surface area (Å²) < 4.78 is 6.80. The number of nitrogens with one attached hydrogen (secondary N) is 2. The van der Waals surface area contributed by atoms with Crippen LogP contribution in [0.4, 0.5) is 0 Å². The Bertz CT molecular complexity index is 1260. The van der Waals surface area contributed by atoms with E-state index in [1.165, 1.54) is 25.7 Å². The minimum Gasteiger partial charge on any atom is -0.508 e. The van der Waals surface area contributed by atoms with Gasteiger partial charge in [0.2, 0.25) is 5.91 Å². The number of carbonyl (C=O) groups excluding carboxylic acids is 2. The van der Waals surface area contributed by atoms with E-state index >= 15 is 0 Å². The number of phenolic OH excluding ortho intramolecular Hbond substituents is 1. The molecule has 0 spiro atoms. The van der Waals surface area contributed by atoms with E-state index in [0.29, 0.717) is 35.3 Å². The SMILES string of the molecule is Cc1c(O)cccc1C(=O)N[C@@H](CSc1ccccc1)[C@@H](CN1C[C@H]2CCCC[C@H]2CC1C(=O)NC(C)(C)C)OC(C)(C)C. The molecule has 5 atom stereocenters. The van der Waals surface area contributed by atoms with Crippen LogP contribution in [0.15, 0.2) is 53.4 Å². The number of amides is 2. The summed E-state index contributed by atoms with van der Waals surface area (Å²) >= 11 is 1.68. The van der Waals surface area contributed by atoms with Gasteiger partial charge in [-0.05, 0) is 97.4 Å². The zero-order valence-corrected chi connectivity index (χ0v) is 28.5. The van der Waals surface area contributed by atoms with Gasteiger partial charge in [-0.2, -0.15) is 0 Å². The Balaban J connectivity index is 1.66. The molecule has 2 amide bonds. The number of aromatic hydroxyl groups is 1. The van der Waals surface area contributed by atoms with Crippen LogP contribution in [0, 0.1) is 18.8 Å². The van der Waals surface area contributed by atoms with Gasteiger partial charge in [-0.15, -0.1) is 11.8 Å². The van der Waals surface area contributed by atoms with Gasteiger partial charge in [-0.1, -0.05) is 43.5 Å². The Morgan fingerprint density at radius 2 is 1.68 bits per heavy atom. The average Bonchev–Trinajstić information content (AvgIpc) is 2.94. The highest BCUT2D eigenvalue weighted by molar-refractivity contribution is 7.99. The molecular weight excluding hydrogens is 570 g/mol. The quantitative estimate of drug-likeness (QED) is 0.260. The normalized spacial score (nSPS) is 22.5. The number of nitrogens with zero attached hydrogens (tertiary/aromatic N) is 1. The first-order chi connectivity index (χ1) is 20.7. The number of piperidine rings is 1. The molecule has 1 saturated carbocycles. The fourth-order valence-corrected chi connectivity index (χ4v) is 7.64. The van der Waals surface area contributed by atoms with Crippen LogP contribution in [0.25, 0.3) is 0 Å². The lowest BCUT2D eigenvalue weighted by Crippen LogP contribution is -2.61. The van der Waals surface area contributed by atoms with Crippen LogP contribution in [-0.4, -0.2) is 70.0 Å². The van der Waals surface area contributed by atoms with Crippen LogP contribution >= 0.6 is 11.8 Å². The molecule has 7 nitrogen and oxygen atoms in total. The molecule has 0 bridgehead atoms. The lowest BCUT2D eigenvalue weighted by molar-refractivity contribution is -0.135. The maximum atomic E-state index is 13.8. The molecule has 1 heterocycles. The average molecular weight is 624 g/mol. The molecule has 2 aromatic rings. The predicted molar refractivity (Wildman–Crippen MR) is 179 cm³/mol. The Morgan fingerprint density at radius 3 is 2.34 bits per heavy atom. The minimum atomic E-state index is -0.474. The summed E-state index contributed by atoms with van der Waals surface area (Å²) in [6.45, 7) is 15.4. The Morgan fingerprint density at radius 1 is 1.00 bits per heavy atom. The monoisotopic (exact) mass is 623 g/mol. The zero-order chi connectivity index (χ0) is 32.1. The number of hydrogen-bond donors (Lipinski definition) is 3. The molecule has 2 aliphatic rings. The van der Waals surface area contributed by atoms with Crippen LogP contribution < -0.4 is 10.6 Å². The van der Waals surface area contributed by atoms with Crippen molar-refractivity contribution in [1.29, 1.82) is 0 Å². The molecule has 1 aliphatic carbocycles. The van der Waals surface area contributed by atoms with E-state index in [0.717, 1.165) is 17.9 Å². The highest BCUT2D eigenvalue weighted by atomic mass is 32.2. The summed E-state index contributed by atoms with van der Waals surface area (Å²) in [5.41, 5.74) is 0.194. The molecule has 8 heteroatoms. The maximum Gasteiger partial charge on any atom is 0.252 e. The maximum absolute atomic E-state index is 13.8. The molecule has 1 unspecified atom stereocenters. The lowest BCUT2D eigenvalue weighted by Gasteiger charge is -2.48. The van der Waals surface area contributed by atoms with Gasteiger partial charge >= 0.3 is 0 Å². The van der Waals surface area contributed by atoms with Crippen molar-refractivity contribution in [1.82, 2.24) is 15.5 Å². The van der Waals surface area contributed by atoms with Crippen LogP contribution in [0.5, 0.6) is 5.75 Å². The van der Waals surface area contributed by atoms with Crippen LogP contribution in [0.1, 0.15) is 89.6 Å². The molecule has 44 heavy (non-hydrogen) atoms. The van der Waals surface area contributed by atoms with Gasteiger partial charge in [0.25, 0.3) is 5.91 Å². The number of rotatable bonds is 10. The number of phenols is 1. The largest absolute Gasteiger partial charge is 0.508 e. The lowest BCUT2D eigenvalue weighted by atomic mass is 9.72. The van der Waals surface area contributed by atoms with Gasteiger partial charge in [-0.3, -0.25) is 14.5 Å². The van der Waals surface area contributed by atoms with Crippen molar-refractivity contribution in [3.05, 3.63) is 59.7 Å². The first-order valence-electron chi connectivity index (χ1n) is 16.2. The summed E-state index contributed by atoms with van der Waals surface area (Å²) in [5, 5.41) is 16.9. The van der Waals surface area contributed by atoms with Crippen molar-refractivity contribution in [2.45, 2.75) is 115 Å². The molecule has 1 saturated heterocycles. The topological polar surface area (TPSA) is 90.9 Å². The smallest absolute Gasteiger partial charge is 0.252 e. The second-order valence-corrected chi connectivity index (χ2v) is 15.8. The predicted octanol–water partition coefficient (Wildman–Crippen LogP) is 6.57. The van der Waals surface area contributed by atoms with E-state index in [1.54, 1.807) is 36.9 Å². The fraction of sp³-hybridized carbons (Fsp3) is 0.611. The second kappa shape index (κ2) is 14.7. The minimum absolute atomic E-state index is 0.0747. The van der Waals surface area contributed by atoms with Gasteiger partial charge in [0, 0.05) is 40.4 Å². The molecule has 242 valence electrons. The van der Waals surface area contributed by atoms with Gasteiger partial charge in [0.05, 0.1) is 23.8 Å². The number of hydrogen-bond acceptors (Lipinski definition) is 6. The Kier molecular flexibility index (Phi) is 11.5. The van der Waals surface area contributed by atoms with Gasteiger partial charge in [0.15, 0.2) is 0 Å². The van der Waals surface area contributed by atoms with Gasteiger partial charge < -0.3 is 20.5 Å². The summed E-state index contributed by atoms with van der Waals surface area (Å²) in [5.74, 6) is 1.65. The highest BCUT2D eigenvalue weighted by Gasteiger charge is 2.42. The van der Waals surface area contributed by atoms with Crippen molar-refractivity contribution in [3.8, 4) is 5.75 Å². The number of ether oxygens (including phenoxy) is 1. The van der Waals surface area contributed by atoms with E-state index in [4.69, 9.17) is 4.74 Å². The van der Waals surface area contributed by atoms with Crippen molar-refractivity contribution in [2.75, 3.05) is 18.8 Å². The Hall–Kier alpha value is -2.55. The summed E-state index contributed by atoms with van der Waals surface area (Å²) in [7, 11) is 0. The molecule has 2 aromatic carbocycles. The first-order valence-corrected chi connectivity index (χ1v) is 17.2. The van der Waals surface area contributed by atoms with Crippen LogP contribution in [0.2, 0.25) is 0 Å². The van der Waals surface area contributed by atoms with Gasteiger partial charge in [-0.25, -0.2) is 0 Å². The van der Waals surface area contributed by atoms with E-state index < -0.39 is 5.60 Å². The number of thioether (sulfide) groups is 1. The third-order valence-electron chi connectivity index (χ3n) is 8.71. The van der Waals surface area contributed by atoms with E-state index in [9.17, 15) is 14.7 Å². The second-order valence-electron chi connectivity index (χ2n) is 14.7. The molecule has 0 radical (unpaired) electrons. The van der Waals surface area contributed by atoms with Crippen molar-refractivity contribution >= 4 is 23.6 Å². The van der Waals surface area contributed by atoms with E-state index in [-0.39, 0.29) is 41.3 Å². The summed E-state index contributed by atoms with van der Waals surface area (Å²) in [4.78, 5) is 31.0. The molecular formula is C36H53N3O4S. The standard InChI is InChI=1S/C36H53N3O4S/c1-24-28(18-13-19-31(24)40)33(41)37-29(23-44-27-16-9-8-10-17-27)32(43-36(5,6)7)22-39-21-26-15-12-11-14-25(26)20-30(39)34(42)38-35(2,3)4/h8-10,13,16-19,25-26,29-30,32,40H,11-12,14-15,20-23H2,1-7H3,(H,37,41)(H,38,42)/t25-,26+,29-,30?,32+/m0/s1. The number of fused-ring (bicyclic) bond motifs is 1. The molecule has 1 aliphatic heterocycles. The molecule has 0 aromatic heterocycles. The fourth-order valence-electron chi connectivity index (χ4n) is 6.62. The molecule has 2 fully saturated rings. The van der Waals surface area contributed by atoms with Crippen molar-refractivity contribution < 1.29 is 19.4 Å².